The van der Waals surface area contributed by atoms with E-state index in [2.05, 4.69) is 141 Å². The van der Waals surface area contributed by atoms with Gasteiger partial charge >= 0.3 is 0 Å². The molecule has 0 aliphatic heterocycles. The van der Waals surface area contributed by atoms with E-state index in [1.165, 1.54) is 47.6 Å². The minimum absolute atomic E-state index is 0.0461. The highest BCUT2D eigenvalue weighted by molar-refractivity contribution is 7.25. The van der Waals surface area contributed by atoms with Gasteiger partial charge in [-0.25, -0.2) is 15.0 Å². The van der Waals surface area contributed by atoms with E-state index < -0.39 is 0 Å². The van der Waals surface area contributed by atoms with E-state index in [0.717, 1.165) is 33.4 Å². The van der Waals surface area contributed by atoms with Crippen molar-refractivity contribution in [3.05, 3.63) is 164 Å². The van der Waals surface area contributed by atoms with Gasteiger partial charge in [-0.15, -0.1) is 11.3 Å². The van der Waals surface area contributed by atoms with Crippen LogP contribution in [0.15, 0.2) is 158 Å². The molecule has 0 bridgehead atoms. The Morgan fingerprint density at radius 2 is 1.02 bits per heavy atom. The van der Waals surface area contributed by atoms with E-state index in [1.807, 2.05) is 54.1 Å². The second kappa shape index (κ2) is 12.6. The van der Waals surface area contributed by atoms with Gasteiger partial charge in [-0.2, -0.15) is 0 Å². The lowest BCUT2D eigenvalue weighted by atomic mass is 9.87. The second-order valence-corrected chi connectivity index (χ2v) is 15.9. The predicted octanol–water partition coefficient (Wildman–Crippen LogP) is 12.7. The zero-order chi connectivity index (χ0) is 36.4. The highest BCUT2D eigenvalue weighted by atomic mass is 32.1. The van der Waals surface area contributed by atoms with Gasteiger partial charge < -0.3 is 4.57 Å². The lowest BCUT2D eigenvalue weighted by Crippen LogP contribution is -2.10. The van der Waals surface area contributed by atoms with Gasteiger partial charge in [-0.05, 0) is 52.4 Å². The minimum Gasteiger partial charge on any atom is -0.308 e. The van der Waals surface area contributed by atoms with Crippen molar-refractivity contribution in [3.63, 3.8) is 0 Å². The summed E-state index contributed by atoms with van der Waals surface area (Å²) in [5, 5.41) is 5.00. The molecule has 6 aromatic carbocycles. The van der Waals surface area contributed by atoms with Crippen LogP contribution < -0.4 is 0 Å². The minimum atomic E-state index is 0.0461. The number of hydrogen-bond donors (Lipinski definition) is 0. The molecule has 0 saturated carbocycles. The van der Waals surface area contributed by atoms with Crippen molar-refractivity contribution in [3.8, 4) is 51.0 Å². The molecule has 0 saturated heterocycles. The van der Waals surface area contributed by atoms with Crippen LogP contribution in [0, 0.1) is 0 Å². The van der Waals surface area contributed by atoms with Gasteiger partial charge in [0, 0.05) is 53.8 Å². The molecule has 0 fully saturated rings. The molecule has 0 aliphatic rings. The van der Waals surface area contributed by atoms with Gasteiger partial charge in [0.25, 0.3) is 0 Å². The van der Waals surface area contributed by atoms with E-state index in [0.29, 0.717) is 17.5 Å². The standard InChI is InChI=1S/C48H35N5S/c1-48(2,3)35-21-17-31(18-22-35)46-50-45(30-11-5-4-6-12-30)51-47(52-46)34-25-36(29-49-28-34)53-41-15-9-7-13-37(41)38-23-19-32(26-42(38)53)33-20-24-40-39-14-8-10-16-43(39)54-44(40)27-33/h4-29H,1-3H3. The first-order chi connectivity index (χ1) is 26.4. The van der Waals surface area contributed by atoms with Gasteiger partial charge in [0.2, 0.25) is 0 Å². The normalized spacial score (nSPS) is 12.0. The molecule has 0 spiro atoms. The first-order valence-electron chi connectivity index (χ1n) is 18.2. The Morgan fingerprint density at radius 3 is 1.78 bits per heavy atom. The highest BCUT2D eigenvalue weighted by Gasteiger charge is 2.18. The summed E-state index contributed by atoms with van der Waals surface area (Å²) in [5.41, 5.74) is 9.53. The number of thiophene rings is 1. The summed E-state index contributed by atoms with van der Waals surface area (Å²) in [6, 6.07) is 51.7. The first-order valence-corrected chi connectivity index (χ1v) is 19.0. The third-order valence-electron chi connectivity index (χ3n) is 10.3. The number of rotatable bonds is 5. The summed E-state index contributed by atoms with van der Waals surface area (Å²) in [4.78, 5) is 19.8. The Balaban J connectivity index is 1.12. The largest absolute Gasteiger partial charge is 0.308 e. The molecule has 0 aliphatic carbocycles. The summed E-state index contributed by atoms with van der Waals surface area (Å²) in [6.07, 6.45) is 3.77. The van der Waals surface area contributed by atoms with Crippen LogP contribution >= 0.6 is 11.3 Å². The maximum atomic E-state index is 5.06. The number of nitrogens with zero attached hydrogens (tertiary/aromatic N) is 5. The van der Waals surface area contributed by atoms with Crippen molar-refractivity contribution in [2.75, 3.05) is 0 Å². The molecule has 0 N–H and O–H groups in total. The molecule has 6 heteroatoms. The van der Waals surface area contributed by atoms with Crippen molar-refractivity contribution in [1.29, 1.82) is 0 Å². The molecular weight excluding hydrogens is 679 g/mol. The fourth-order valence-corrected chi connectivity index (χ4v) is 8.62. The second-order valence-electron chi connectivity index (χ2n) is 14.8. The zero-order valence-electron chi connectivity index (χ0n) is 30.2. The van der Waals surface area contributed by atoms with Gasteiger partial charge in [0.05, 0.1) is 22.9 Å². The van der Waals surface area contributed by atoms with Crippen molar-refractivity contribution in [1.82, 2.24) is 24.5 Å². The number of para-hydroxylation sites is 1. The molecule has 0 unspecified atom stereocenters. The molecule has 0 amide bonds. The topological polar surface area (TPSA) is 56.5 Å². The van der Waals surface area contributed by atoms with Crippen LogP contribution in [0.3, 0.4) is 0 Å². The highest BCUT2D eigenvalue weighted by Crippen LogP contribution is 2.39. The fourth-order valence-electron chi connectivity index (χ4n) is 7.48. The Labute approximate surface area is 317 Å². The smallest absolute Gasteiger partial charge is 0.165 e. The van der Waals surface area contributed by atoms with Gasteiger partial charge in [0.15, 0.2) is 17.5 Å². The summed E-state index contributed by atoms with van der Waals surface area (Å²) in [6.45, 7) is 6.67. The molecular formula is C48H35N5S. The SMILES string of the molecule is CC(C)(C)c1ccc(-c2nc(-c3ccccc3)nc(-c3cncc(-n4c5ccccc5c5ccc(-c6ccc7c(c6)sc6ccccc67)cc54)c3)n2)cc1. The van der Waals surface area contributed by atoms with Crippen LogP contribution in [0.1, 0.15) is 26.3 Å². The number of pyridine rings is 1. The van der Waals surface area contributed by atoms with Crippen LogP contribution in [-0.4, -0.2) is 24.5 Å². The van der Waals surface area contributed by atoms with Crippen LogP contribution in [0.25, 0.3) is 93.0 Å². The molecule has 5 nitrogen and oxygen atoms in total. The quantitative estimate of drug-likeness (QED) is 0.178. The maximum Gasteiger partial charge on any atom is 0.165 e. The van der Waals surface area contributed by atoms with Crippen molar-refractivity contribution in [2.45, 2.75) is 26.2 Å². The molecule has 4 heterocycles. The summed E-state index contributed by atoms with van der Waals surface area (Å²) < 4.78 is 4.92. The fraction of sp³-hybridized carbons (Fsp3) is 0.0833. The van der Waals surface area contributed by atoms with Gasteiger partial charge in [0.1, 0.15) is 0 Å². The van der Waals surface area contributed by atoms with Crippen LogP contribution in [0.5, 0.6) is 0 Å². The molecule has 258 valence electrons. The molecule has 0 radical (unpaired) electrons. The van der Waals surface area contributed by atoms with Gasteiger partial charge in [-0.3, -0.25) is 4.98 Å². The Morgan fingerprint density at radius 1 is 0.444 bits per heavy atom. The summed E-state index contributed by atoms with van der Waals surface area (Å²) in [7, 11) is 0. The van der Waals surface area contributed by atoms with E-state index in [1.54, 1.807) is 0 Å². The van der Waals surface area contributed by atoms with Gasteiger partial charge in [-0.1, -0.05) is 136 Å². The number of fused-ring (bicyclic) bond motifs is 6. The third-order valence-corrected chi connectivity index (χ3v) is 11.4. The average Bonchev–Trinajstić information content (AvgIpc) is 3.76. The maximum absolute atomic E-state index is 5.06. The Kier molecular flexibility index (Phi) is 7.49. The van der Waals surface area contributed by atoms with E-state index in [4.69, 9.17) is 19.9 Å². The Hall–Kier alpha value is -6.50. The summed E-state index contributed by atoms with van der Waals surface area (Å²) >= 11 is 1.85. The Bertz CT molecular complexity index is 3020. The van der Waals surface area contributed by atoms with Crippen molar-refractivity contribution in [2.24, 2.45) is 0 Å². The molecule has 4 aromatic heterocycles. The number of benzene rings is 6. The first kappa shape index (κ1) is 32.2. The average molecular weight is 714 g/mol. The molecule has 10 aromatic rings. The molecule has 0 atom stereocenters. The summed E-state index contributed by atoms with van der Waals surface area (Å²) in [5.74, 6) is 1.83. The van der Waals surface area contributed by atoms with Crippen LogP contribution in [0.4, 0.5) is 0 Å². The van der Waals surface area contributed by atoms with Crippen molar-refractivity contribution >= 4 is 53.3 Å². The van der Waals surface area contributed by atoms with E-state index in [-0.39, 0.29) is 5.41 Å². The zero-order valence-corrected chi connectivity index (χ0v) is 31.0. The number of hydrogen-bond acceptors (Lipinski definition) is 5. The van der Waals surface area contributed by atoms with E-state index >= 15 is 0 Å². The van der Waals surface area contributed by atoms with Crippen molar-refractivity contribution < 1.29 is 0 Å². The lowest BCUT2D eigenvalue weighted by Gasteiger charge is -2.19. The third kappa shape index (κ3) is 5.54. The van der Waals surface area contributed by atoms with Crippen LogP contribution in [-0.2, 0) is 5.41 Å². The molecule has 10 rings (SSSR count). The lowest BCUT2D eigenvalue weighted by molar-refractivity contribution is 0.590. The number of aromatic nitrogens is 5. The van der Waals surface area contributed by atoms with Crippen LogP contribution in [0.2, 0.25) is 0 Å². The monoisotopic (exact) mass is 713 g/mol. The predicted molar refractivity (Wildman–Crippen MR) is 225 cm³/mol. The van der Waals surface area contributed by atoms with E-state index in [9.17, 15) is 0 Å². The molecule has 54 heavy (non-hydrogen) atoms.